The van der Waals surface area contributed by atoms with Crippen LogP contribution in [0.2, 0.25) is 5.02 Å². The Morgan fingerprint density at radius 1 is 1.33 bits per heavy atom. The molecule has 0 aliphatic carbocycles. The van der Waals surface area contributed by atoms with Crippen LogP contribution in [-0.2, 0) is 0 Å². The number of rotatable bonds is 3. The first-order chi connectivity index (χ1) is 6.47. The largest absolute Gasteiger partial charge is 0.396 e. The number of hydrogen-bond acceptors (Lipinski definition) is 2. The van der Waals surface area contributed by atoms with Crippen molar-refractivity contribution in [3.63, 3.8) is 0 Å². The van der Waals surface area contributed by atoms with Crippen LogP contribution in [-0.4, -0.2) is 11.7 Å². The van der Waals surface area contributed by atoms with Crippen molar-refractivity contribution in [3.8, 4) is 0 Å². The molecule has 2 nitrogen and oxygen atoms in total. The summed E-state index contributed by atoms with van der Waals surface area (Å²) in [6, 6.07) is 7.23. The zero-order chi connectivity index (χ0) is 10.8. The molecule has 0 aliphatic heterocycles. The summed E-state index contributed by atoms with van der Waals surface area (Å²) in [6.07, 6.45) is 0. The van der Waals surface area contributed by atoms with Gasteiger partial charge in [0.05, 0.1) is 0 Å². The van der Waals surface area contributed by atoms with Crippen LogP contribution in [0.4, 0.5) is 0 Å². The highest BCUT2D eigenvalue weighted by atomic mass is 35.5. The lowest BCUT2D eigenvalue weighted by Crippen LogP contribution is -2.32. The first kappa shape index (κ1) is 14.7. The molecule has 0 unspecified atom stereocenters. The highest BCUT2D eigenvalue weighted by Gasteiger charge is 2.26. The molecule has 3 N–H and O–H groups in total. The molecule has 0 aliphatic rings. The third-order valence-electron chi connectivity index (χ3n) is 2.48. The van der Waals surface area contributed by atoms with E-state index < -0.39 is 0 Å². The molecule has 0 spiro atoms. The average Bonchev–Trinajstić information content (AvgIpc) is 2.18. The Morgan fingerprint density at radius 2 is 1.80 bits per heavy atom. The first-order valence-electron chi connectivity index (χ1n) is 4.59. The van der Waals surface area contributed by atoms with E-state index in [1.807, 2.05) is 38.1 Å². The van der Waals surface area contributed by atoms with Gasteiger partial charge in [-0.3, -0.25) is 0 Å². The smallest absolute Gasteiger partial charge is 0.0500 e. The summed E-state index contributed by atoms with van der Waals surface area (Å²) < 4.78 is 0. The van der Waals surface area contributed by atoms with Crippen molar-refractivity contribution in [2.75, 3.05) is 6.61 Å². The van der Waals surface area contributed by atoms with Gasteiger partial charge < -0.3 is 10.8 Å². The van der Waals surface area contributed by atoms with Crippen LogP contribution in [0.1, 0.15) is 25.5 Å². The maximum Gasteiger partial charge on any atom is 0.0500 e. The Labute approximate surface area is 102 Å². The number of hydrogen-bond donors (Lipinski definition) is 2. The van der Waals surface area contributed by atoms with Gasteiger partial charge in [-0.05, 0) is 17.7 Å². The van der Waals surface area contributed by atoms with Crippen LogP contribution in [0.5, 0.6) is 0 Å². The predicted molar refractivity (Wildman–Crippen MR) is 66.5 cm³/mol. The lowest BCUT2D eigenvalue weighted by atomic mass is 9.82. The van der Waals surface area contributed by atoms with Crippen molar-refractivity contribution in [1.29, 1.82) is 0 Å². The van der Waals surface area contributed by atoms with Gasteiger partial charge in [-0.25, -0.2) is 0 Å². The van der Waals surface area contributed by atoms with E-state index in [9.17, 15) is 5.11 Å². The van der Waals surface area contributed by atoms with Crippen molar-refractivity contribution in [2.45, 2.75) is 19.9 Å². The molecular formula is C11H17Cl2NO. The summed E-state index contributed by atoms with van der Waals surface area (Å²) >= 11 is 5.77. The summed E-state index contributed by atoms with van der Waals surface area (Å²) in [5.41, 5.74) is 6.71. The summed E-state index contributed by atoms with van der Waals surface area (Å²) in [5.74, 6) is 0. The van der Waals surface area contributed by atoms with E-state index >= 15 is 0 Å². The molecule has 1 rings (SSSR count). The van der Waals surface area contributed by atoms with Gasteiger partial charge in [-0.2, -0.15) is 0 Å². The molecule has 1 atom stereocenters. The van der Waals surface area contributed by atoms with Crippen LogP contribution in [0, 0.1) is 5.41 Å². The van der Waals surface area contributed by atoms with Crippen LogP contribution >= 0.6 is 24.0 Å². The molecule has 4 heteroatoms. The topological polar surface area (TPSA) is 46.2 Å². The summed E-state index contributed by atoms with van der Waals surface area (Å²) in [7, 11) is 0. The molecule has 0 fully saturated rings. The Morgan fingerprint density at radius 3 is 2.20 bits per heavy atom. The Bertz CT molecular complexity index is 298. The van der Waals surface area contributed by atoms with Gasteiger partial charge in [0.1, 0.15) is 0 Å². The fourth-order valence-corrected chi connectivity index (χ4v) is 1.35. The molecule has 0 aromatic heterocycles. The minimum atomic E-state index is -0.312. The molecule has 0 saturated heterocycles. The zero-order valence-corrected chi connectivity index (χ0v) is 10.5. The van der Waals surface area contributed by atoms with E-state index in [1.54, 1.807) is 0 Å². The number of halogens is 2. The number of aliphatic hydroxyl groups excluding tert-OH is 1. The van der Waals surface area contributed by atoms with Gasteiger partial charge in [0, 0.05) is 23.1 Å². The molecule has 0 heterocycles. The standard InChI is InChI=1S/C11H16ClNO.ClH/c1-11(2,7-14)10(13)8-3-5-9(12)6-4-8;/h3-6,10,14H,7,13H2,1-2H3;1H/t10-;/m1./s1. The summed E-state index contributed by atoms with van der Waals surface area (Å²) in [4.78, 5) is 0. The zero-order valence-electron chi connectivity index (χ0n) is 8.90. The molecule has 0 radical (unpaired) electrons. The molecule has 0 amide bonds. The fourth-order valence-electron chi connectivity index (χ4n) is 1.22. The van der Waals surface area contributed by atoms with Gasteiger partial charge in [0.15, 0.2) is 0 Å². The molecule has 1 aromatic rings. The van der Waals surface area contributed by atoms with Crippen LogP contribution in [0.25, 0.3) is 0 Å². The van der Waals surface area contributed by atoms with Gasteiger partial charge >= 0.3 is 0 Å². The normalized spacial score (nSPS) is 13.1. The lowest BCUT2D eigenvalue weighted by Gasteiger charge is -2.29. The highest BCUT2D eigenvalue weighted by molar-refractivity contribution is 6.30. The third-order valence-corrected chi connectivity index (χ3v) is 2.73. The van der Waals surface area contributed by atoms with Gasteiger partial charge in [-0.15, -0.1) is 12.4 Å². The van der Waals surface area contributed by atoms with E-state index in [2.05, 4.69) is 0 Å². The summed E-state index contributed by atoms with van der Waals surface area (Å²) in [5, 5.41) is 9.87. The Hall–Kier alpha value is -0.280. The van der Waals surface area contributed by atoms with Crippen LogP contribution in [0.15, 0.2) is 24.3 Å². The molecule has 0 saturated carbocycles. The van der Waals surface area contributed by atoms with Crippen molar-refractivity contribution < 1.29 is 5.11 Å². The summed E-state index contributed by atoms with van der Waals surface area (Å²) in [6.45, 7) is 3.94. The maximum atomic E-state index is 9.17. The molecular weight excluding hydrogens is 233 g/mol. The molecule has 15 heavy (non-hydrogen) atoms. The van der Waals surface area contributed by atoms with Crippen molar-refractivity contribution >= 4 is 24.0 Å². The molecule has 1 aromatic carbocycles. The lowest BCUT2D eigenvalue weighted by molar-refractivity contribution is 0.132. The molecule has 86 valence electrons. The predicted octanol–water partition coefficient (Wildman–Crippen LogP) is 2.78. The second-order valence-electron chi connectivity index (χ2n) is 4.18. The highest BCUT2D eigenvalue weighted by Crippen LogP contribution is 2.30. The van der Waals surface area contributed by atoms with Crippen molar-refractivity contribution in [1.82, 2.24) is 0 Å². The Balaban J connectivity index is 0.00000196. The quantitative estimate of drug-likeness (QED) is 0.866. The van der Waals surface area contributed by atoms with Crippen LogP contribution < -0.4 is 5.73 Å². The maximum absolute atomic E-state index is 9.17. The van der Waals surface area contributed by atoms with E-state index in [4.69, 9.17) is 17.3 Å². The van der Waals surface area contributed by atoms with E-state index in [1.165, 1.54) is 0 Å². The average molecular weight is 250 g/mol. The minimum absolute atomic E-state index is 0. The SMILES string of the molecule is CC(C)(CO)[C@H](N)c1ccc(Cl)cc1.Cl. The van der Waals surface area contributed by atoms with E-state index in [0.29, 0.717) is 5.02 Å². The number of nitrogens with two attached hydrogens (primary N) is 1. The van der Waals surface area contributed by atoms with E-state index in [-0.39, 0.29) is 30.5 Å². The van der Waals surface area contributed by atoms with Crippen molar-refractivity contribution in [2.24, 2.45) is 11.1 Å². The van der Waals surface area contributed by atoms with Gasteiger partial charge in [0.25, 0.3) is 0 Å². The third kappa shape index (κ3) is 3.65. The Kier molecular flexibility index (Phi) is 5.60. The first-order valence-corrected chi connectivity index (χ1v) is 4.97. The van der Waals surface area contributed by atoms with Crippen molar-refractivity contribution in [3.05, 3.63) is 34.9 Å². The minimum Gasteiger partial charge on any atom is -0.396 e. The van der Waals surface area contributed by atoms with Gasteiger partial charge in [-0.1, -0.05) is 37.6 Å². The van der Waals surface area contributed by atoms with Crippen LogP contribution in [0.3, 0.4) is 0 Å². The monoisotopic (exact) mass is 249 g/mol. The second kappa shape index (κ2) is 5.71. The number of aliphatic hydroxyl groups is 1. The van der Waals surface area contributed by atoms with E-state index in [0.717, 1.165) is 5.56 Å². The molecule has 0 bridgehead atoms. The second-order valence-corrected chi connectivity index (χ2v) is 4.61. The number of benzene rings is 1. The van der Waals surface area contributed by atoms with Gasteiger partial charge in [0.2, 0.25) is 0 Å². The fraction of sp³-hybridized carbons (Fsp3) is 0.455.